The minimum absolute atomic E-state index is 0.129. The van der Waals surface area contributed by atoms with Crippen LogP contribution in [-0.2, 0) is 4.79 Å². The number of hydrogen-bond acceptors (Lipinski definition) is 5. The van der Waals surface area contributed by atoms with Crippen LogP contribution in [0, 0.1) is 0 Å². The number of benzene rings is 1. The molecule has 0 saturated carbocycles. The van der Waals surface area contributed by atoms with Crippen molar-refractivity contribution in [3.63, 3.8) is 0 Å². The van der Waals surface area contributed by atoms with Crippen LogP contribution in [0.1, 0.15) is 27.7 Å². The Hall–Kier alpha value is -1.40. The zero-order valence-corrected chi connectivity index (χ0v) is 14.1. The summed E-state index contributed by atoms with van der Waals surface area (Å²) in [6, 6.07) is 4.98. The zero-order valence-electron chi connectivity index (χ0n) is 12.6. The molecule has 0 fully saturated rings. The predicted molar refractivity (Wildman–Crippen MR) is 90.8 cm³/mol. The first-order chi connectivity index (χ1) is 9.88. The van der Waals surface area contributed by atoms with Gasteiger partial charge < -0.3 is 15.5 Å². The van der Waals surface area contributed by atoms with E-state index in [0.29, 0.717) is 10.7 Å². The molecule has 0 unspecified atom stereocenters. The molecule has 0 radical (unpaired) electrons. The standard InChI is InChI=1S/C11H13ClN2OS.C2H6.CH2O2/c1-11(2)6-13-10(16-11)14-8-4-3-7(12)5-9(8)15;1-2;2-1-3/h3-5,15H,6H2,1-2H3,(H,13,14);1-2H3;1H,(H,2,3). The third-order valence-electron chi connectivity index (χ3n) is 2.18. The molecule has 1 aliphatic heterocycles. The van der Waals surface area contributed by atoms with Crippen molar-refractivity contribution in [1.29, 1.82) is 0 Å². The second-order valence-electron chi connectivity index (χ2n) is 4.38. The third-order valence-corrected chi connectivity index (χ3v) is 3.52. The molecular weight excluding hydrogens is 312 g/mol. The average Bonchev–Trinajstić information content (AvgIpc) is 2.76. The fourth-order valence-corrected chi connectivity index (χ4v) is 2.49. The maximum absolute atomic E-state index is 9.67. The number of carbonyl (C=O) groups is 1. The van der Waals surface area contributed by atoms with Gasteiger partial charge in [-0.3, -0.25) is 9.79 Å². The summed E-state index contributed by atoms with van der Waals surface area (Å²) in [5, 5.41) is 21.0. The highest BCUT2D eigenvalue weighted by atomic mass is 35.5. The number of amidine groups is 1. The van der Waals surface area contributed by atoms with Crippen LogP contribution in [0.25, 0.3) is 0 Å². The number of hydrogen-bond donors (Lipinski definition) is 3. The number of carboxylic acid groups (broad SMARTS) is 1. The van der Waals surface area contributed by atoms with Crippen LogP contribution in [0.15, 0.2) is 23.2 Å². The number of anilines is 1. The van der Waals surface area contributed by atoms with Gasteiger partial charge in [0.25, 0.3) is 6.47 Å². The molecule has 7 heteroatoms. The Bertz CT molecular complexity index is 493. The maximum atomic E-state index is 9.67. The molecule has 5 nitrogen and oxygen atoms in total. The second-order valence-corrected chi connectivity index (χ2v) is 6.51. The highest BCUT2D eigenvalue weighted by Gasteiger charge is 2.27. The lowest BCUT2D eigenvalue weighted by Crippen LogP contribution is -2.16. The van der Waals surface area contributed by atoms with E-state index >= 15 is 0 Å². The van der Waals surface area contributed by atoms with Crippen molar-refractivity contribution in [3.8, 4) is 5.75 Å². The van der Waals surface area contributed by atoms with Crippen LogP contribution in [0.5, 0.6) is 5.75 Å². The molecule has 0 bridgehead atoms. The first kappa shape index (κ1) is 19.6. The van der Waals surface area contributed by atoms with Gasteiger partial charge in [0.1, 0.15) is 5.75 Å². The largest absolute Gasteiger partial charge is 0.506 e. The summed E-state index contributed by atoms with van der Waals surface area (Å²) in [6.45, 7) is 8.81. The number of halogens is 1. The smallest absolute Gasteiger partial charge is 0.290 e. The molecule has 0 aliphatic carbocycles. The van der Waals surface area contributed by atoms with Gasteiger partial charge in [-0.25, -0.2) is 0 Å². The average molecular weight is 333 g/mol. The van der Waals surface area contributed by atoms with Gasteiger partial charge in [0.15, 0.2) is 5.17 Å². The molecule has 1 aromatic rings. The third kappa shape index (κ3) is 7.24. The first-order valence-electron chi connectivity index (χ1n) is 6.45. The van der Waals surface area contributed by atoms with E-state index in [2.05, 4.69) is 24.2 Å². The van der Waals surface area contributed by atoms with Crippen molar-refractivity contribution in [3.05, 3.63) is 23.2 Å². The number of nitrogens with zero attached hydrogens (tertiary/aromatic N) is 1. The molecule has 0 amide bonds. The Kier molecular flexibility index (Phi) is 8.89. The molecule has 2 rings (SSSR count). The Balaban J connectivity index is 0.000000713. The molecule has 1 aromatic carbocycles. The van der Waals surface area contributed by atoms with Crippen LogP contribution in [0.2, 0.25) is 5.02 Å². The van der Waals surface area contributed by atoms with E-state index in [9.17, 15) is 5.11 Å². The minimum atomic E-state index is -0.250. The summed E-state index contributed by atoms with van der Waals surface area (Å²) >= 11 is 7.43. The zero-order chi connectivity index (χ0) is 16.5. The molecule has 0 saturated heterocycles. The van der Waals surface area contributed by atoms with Crippen molar-refractivity contribution in [2.24, 2.45) is 4.99 Å². The van der Waals surface area contributed by atoms with Crippen molar-refractivity contribution in [2.45, 2.75) is 32.4 Å². The molecular formula is C14H21ClN2O3S. The number of phenols is 1. The topological polar surface area (TPSA) is 81.9 Å². The van der Waals surface area contributed by atoms with E-state index in [1.54, 1.807) is 23.9 Å². The molecule has 21 heavy (non-hydrogen) atoms. The Labute approximate surface area is 134 Å². The SMILES string of the molecule is CC.CC1(C)CN=C(Nc2ccc(Cl)cc2O)S1.O=CO. The van der Waals surface area contributed by atoms with E-state index in [1.165, 1.54) is 6.07 Å². The van der Waals surface area contributed by atoms with Crippen LogP contribution in [0.4, 0.5) is 5.69 Å². The summed E-state index contributed by atoms with van der Waals surface area (Å²) in [7, 11) is 0. The maximum Gasteiger partial charge on any atom is 0.290 e. The molecule has 1 heterocycles. The number of phenolic OH excluding ortho intramolecular Hbond substituents is 1. The normalized spacial score (nSPS) is 14.8. The number of thioether (sulfide) groups is 1. The van der Waals surface area contributed by atoms with Gasteiger partial charge in [0, 0.05) is 15.8 Å². The molecule has 1 aliphatic rings. The molecule has 3 N–H and O–H groups in total. The van der Waals surface area contributed by atoms with E-state index in [-0.39, 0.29) is 17.0 Å². The Morgan fingerprint density at radius 3 is 2.43 bits per heavy atom. The highest BCUT2D eigenvalue weighted by molar-refractivity contribution is 8.15. The van der Waals surface area contributed by atoms with Crippen LogP contribution in [-0.4, -0.2) is 33.1 Å². The quantitative estimate of drug-likeness (QED) is 0.533. The number of nitrogens with one attached hydrogen (secondary N) is 1. The van der Waals surface area contributed by atoms with Gasteiger partial charge in [-0.2, -0.15) is 0 Å². The van der Waals surface area contributed by atoms with Crippen molar-refractivity contribution >= 4 is 40.7 Å². The van der Waals surface area contributed by atoms with Gasteiger partial charge in [0.05, 0.1) is 12.2 Å². The van der Waals surface area contributed by atoms with E-state index in [4.69, 9.17) is 21.5 Å². The van der Waals surface area contributed by atoms with Crippen LogP contribution in [0.3, 0.4) is 0 Å². The van der Waals surface area contributed by atoms with Gasteiger partial charge in [-0.1, -0.05) is 37.2 Å². The van der Waals surface area contributed by atoms with Crippen molar-refractivity contribution in [2.75, 3.05) is 11.9 Å². The van der Waals surface area contributed by atoms with Gasteiger partial charge in [-0.15, -0.1) is 0 Å². The van der Waals surface area contributed by atoms with Gasteiger partial charge >= 0.3 is 0 Å². The van der Waals surface area contributed by atoms with E-state index in [1.807, 2.05) is 13.8 Å². The van der Waals surface area contributed by atoms with Gasteiger partial charge in [-0.05, 0) is 26.0 Å². The summed E-state index contributed by atoms with van der Waals surface area (Å²) < 4.78 is 0.129. The molecule has 0 aromatic heterocycles. The number of aliphatic imine (C=N–C) groups is 1. The fraction of sp³-hybridized carbons (Fsp3) is 0.429. The number of aromatic hydroxyl groups is 1. The summed E-state index contributed by atoms with van der Waals surface area (Å²) in [6.07, 6.45) is 0. The van der Waals surface area contributed by atoms with E-state index in [0.717, 1.165) is 11.7 Å². The molecule has 118 valence electrons. The Morgan fingerprint density at radius 2 is 2.00 bits per heavy atom. The molecule has 0 spiro atoms. The van der Waals surface area contributed by atoms with Crippen molar-refractivity contribution < 1.29 is 15.0 Å². The number of rotatable bonds is 1. The lowest BCUT2D eigenvalue weighted by Gasteiger charge is -2.14. The van der Waals surface area contributed by atoms with Crippen LogP contribution < -0.4 is 5.32 Å². The van der Waals surface area contributed by atoms with Crippen molar-refractivity contribution in [1.82, 2.24) is 0 Å². The minimum Gasteiger partial charge on any atom is -0.506 e. The van der Waals surface area contributed by atoms with Gasteiger partial charge in [0.2, 0.25) is 0 Å². The summed E-state index contributed by atoms with van der Waals surface area (Å²) in [4.78, 5) is 12.7. The lowest BCUT2D eigenvalue weighted by atomic mass is 10.2. The molecule has 0 atom stereocenters. The first-order valence-corrected chi connectivity index (χ1v) is 7.64. The fourth-order valence-electron chi connectivity index (χ4n) is 1.38. The van der Waals surface area contributed by atoms with Crippen LogP contribution >= 0.6 is 23.4 Å². The summed E-state index contributed by atoms with van der Waals surface area (Å²) in [5.74, 6) is 0.139. The second kappa shape index (κ2) is 9.52. The monoisotopic (exact) mass is 332 g/mol. The predicted octanol–water partition coefficient (Wildman–Crippen LogP) is 4.07. The van der Waals surface area contributed by atoms with E-state index < -0.39 is 0 Å². The summed E-state index contributed by atoms with van der Waals surface area (Å²) in [5.41, 5.74) is 0.633. The lowest BCUT2D eigenvalue weighted by molar-refractivity contribution is -0.122. The highest BCUT2D eigenvalue weighted by Crippen LogP contribution is 2.34. The Morgan fingerprint density at radius 1 is 1.43 bits per heavy atom.